The van der Waals surface area contributed by atoms with Crippen LogP contribution in [-0.4, -0.2) is 23.7 Å². The number of amides is 2. The number of nitrogens with zero attached hydrogens (tertiary/aromatic N) is 1. The minimum atomic E-state index is -0.926. The van der Waals surface area contributed by atoms with E-state index in [1.165, 1.54) is 0 Å². The summed E-state index contributed by atoms with van der Waals surface area (Å²) in [5.41, 5.74) is 6.45. The lowest BCUT2D eigenvalue weighted by atomic mass is 9.95. The zero-order valence-electron chi connectivity index (χ0n) is 11.1. The second-order valence-electron chi connectivity index (χ2n) is 4.70. The number of hydrogen-bond acceptors (Lipinski definition) is 3. The predicted molar refractivity (Wildman–Crippen MR) is 77.7 cm³/mol. The maximum absolute atomic E-state index is 12.1. The largest absolute Gasteiger partial charge is 0.321 e. The van der Waals surface area contributed by atoms with E-state index in [0.29, 0.717) is 17.0 Å². The Labute approximate surface area is 122 Å². The van der Waals surface area contributed by atoms with Crippen LogP contribution in [0.3, 0.4) is 0 Å². The van der Waals surface area contributed by atoms with Gasteiger partial charge in [-0.1, -0.05) is 37.1 Å². The predicted octanol–water partition coefficient (Wildman–Crippen LogP) is 1.61. The van der Waals surface area contributed by atoms with E-state index < -0.39 is 23.8 Å². The second-order valence-corrected chi connectivity index (χ2v) is 5.14. The molecule has 0 saturated heterocycles. The topological polar surface area (TPSA) is 84.5 Å². The Morgan fingerprint density at radius 3 is 2.55 bits per heavy atom. The molecule has 2 rings (SSSR count). The highest BCUT2D eigenvalue weighted by Gasteiger charge is 2.34. The summed E-state index contributed by atoms with van der Waals surface area (Å²) >= 11 is 5.79. The van der Waals surface area contributed by atoms with Gasteiger partial charge in [0.05, 0.1) is 6.04 Å². The van der Waals surface area contributed by atoms with Crippen LogP contribution in [0.4, 0.5) is 0 Å². The Hall–Kier alpha value is -1.72. The molecule has 0 aliphatic carbocycles. The molecule has 0 aromatic heterocycles. The second kappa shape index (κ2) is 6.15. The Kier molecular flexibility index (Phi) is 4.52. The molecule has 1 aromatic carbocycles. The van der Waals surface area contributed by atoms with Crippen molar-refractivity contribution in [3.63, 3.8) is 0 Å². The molecule has 2 unspecified atom stereocenters. The SMILES string of the molecule is CCCC(N)C1=NC(=O)C(c2ccc(Cl)cc2)C(=O)N1. The average molecular weight is 294 g/mol. The first-order valence-corrected chi connectivity index (χ1v) is 6.85. The summed E-state index contributed by atoms with van der Waals surface area (Å²) in [7, 11) is 0. The number of aliphatic imine (C=N–C) groups is 1. The molecule has 0 fully saturated rings. The number of halogens is 1. The van der Waals surface area contributed by atoms with Crippen molar-refractivity contribution in [1.29, 1.82) is 0 Å². The minimum absolute atomic E-state index is 0.257. The van der Waals surface area contributed by atoms with Crippen LogP contribution in [0.2, 0.25) is 5.02 Å². The molecule has 0 radical (unpaired) electrons. The summed E-state index contributed by atoms with van der Waals surface area (Å²) in [5.74, 6) is -1.55. The Morgan fingerprint density at radius 1 is 1.35 bits per heavy atom. The van der Waals surface area contributed by atoms with Crippen molar-refractivity contribution in [3.8, 4) is 0 Å². The van der Waals surface area contributed by atoms with Crippen LogP contribution in [-0.2, 0) is 9.59 Å². The van der Waals surface area contributed by atoms with Crippen LogP contribution in [0.25, 0.3) is 0 Å². The molecule has 3 N–H and O–H groups in total. The van der Waals surface area contributed by atoms with E-state index in [9.17, 15) is 9.59 Å². The van der Waals surface area contributed by atoms with Gasteiger partial charge < -0.3 is 11.1 Å². The van der Waals surface area contributed by atoms with Gasteiger partial charge in [-0.2, -0.15) is 4.99 Å². The van der Waals surface area contributed by atoms with E-state index in [1.54, 1.807) is 24.3 Å². The molecular formula is C14H16ClN3O2. The number of carbonyl (C=O) groups is 2. The molecule has 1 aliphatic heterocycles. The van der Waals surface area contributed by atoms with Crippen molar-refractivity contribution < 1.29 is 9.59 Å². The van der Waals surface area contributed by atoms with Crippen molar-refractivity contribution in [2.24, 2.45) is 10.7 Å². The van der Waals surface area contributed by atoms with Crippen LogP contribution in [0.1, 0.15) is 31.2 Å². The highest BCUT2D eigenvalue weighted by Crippen LogP contribution is 2.22. The molecule has 1 aromatic rings. The molecule has 0 saturated carbocycles. The maximum atomic E-state index is 12.1. The molecule has 1 aliphatic rings. The van der Waals surface area contributed by atoms with E-state index in [-0.39, 0.29) is 5.84 Å². The summed E-state index contributed by atoms with van der Waals surface area (Å²) < 4.78 is 0. The standard InChI is InChI=1S/C14H16ClN3O2/c1-2-3-10(16)12-17-13(19)11(14(20)18-12)8-4-6-9(15)7-5-8/h4-7,10-11H,2-3,16H2,1H3,(H,17,18,19,20). The number of nitrogens with two attached hydrogens (primary N) is 1. The van der Waals surface area contributed by atoms with Crippen LogP contribution >= 0.6 is 11.6 Å². The monoisotopic (exact) mass is 293 g/mol. The Morgan fingerprint density at radius 2 is 2.00 bits per heavy atom. The first-order valence-electron chi connectivity index (χ1n) is 6.47. The molecule has 0 bridgehead atoms. The molecule has 20 heavy (non-hydrogen) atoms. The molecule has 5 nitrogen and oxygen atoms in total. The number of rotatable bonds is 4. The minimum Gasteiger partial charge on any atom is -0.321 e. The quantitative estimate of drug-likeness (QED) is 0.827. The van der Waals surface area contributed by atoms with Gasteiger partial charge in [0.25, 0.3) is 5.91 Å². The molecule has 1 heterocycles. The van der Waals surface area contributed by atoms with E-state index in [0.717, 1.165) is 6.42 Å². The average Bonchev–Trinajstić information content (AvgIpc) is 2.40. The van der Waals surface area contributed by atoms with Gasteiger partial charge in [-0.3, -0.25) is 9.59 Å². The van der Waals surface area contributed by atoms with Crippen molar-refractivity contribution in [1.82, 2.24) is 5.32 Å². The van der Waals surface area contributed by atoms with Crippen molar-refractivity contribution >= 4 is 29.3 Å². The molecule has 0 spiro atoms. The van der Waals surface area contributed by atoms with Crippen LogP contribution < -0.4 is 11.1 Å². The van der Waals surface area contributed by atoms with Gasteiger partial charge in [0.1, 0.15) is 11.8 Å². The summed E-state index contributed by atoms with van der Waals surface area (Å²) in [5, 5.41) is 3.17. The first kappa shape index (κ1) is 14.7. The highest BCUT2D eigenvalue weighted by molar-refractivity contribution is 6.30. The zero-order valence-corrected chi connectivity index (χ0v) is 11.9. The Bertz CT molecular complexity index is 554. The third-order valence-electron chi connectivity index (χ3n) is 3.15. The Balaban J connectivity index is 2.24. The lowest BCUT2D eigenvalue weighted by molar-refractivity contribution is -0.129. The van der Waals surface area contributed by atoms with Crippen LogP contribution in [0.5, 0.6) is 0 Å². The van der Waals surface area contributed by atoms with Crippen LogP contribution in [0.15, 0.2) is 29.3 Å². The third-order valence-corrected chi connectivity index (χ3v) is 3.40. The molecule has 2 amide bonds. The lowest BCUT2D eigenvalue weighted by Crippen LogP contribution is -2.50. The van der Waals surface area contributed by atoms with E-state index in [2.05, 4.69) is 10.3 Å². The van der Waals surface area contributed by atoms with Gasteiger partial charge in [0.2, 0.25) is 5.91 Å². The number of carbonyl (C=O) groups excluding carboxylic acids is 2. The maximum Gasteiger partial charge on any atom is 0.264 e. The third kappa shape index (κ3) is 3.05. The van der Waals surface area contributed by atoms with E-state index in [1.807, 2.05) is 6.92 Å². The van der Waals surface area contributed by atoms with E-state index in [4.69, 9.17) is 17.3 Å². The van der Waals surface area contributed by atoms with E-state index >= 15 is 0 Å². The fourth-order valence-corrected chi connectivity index (χ4v) is 2.22. The van der Waals surface area contributed by atoms with Gasteiger partial charge in [-0.25, -0.2) is 0 Å². The number of amidine groups is 1. The summed E-state index contributed by atoms with van der Waals surface area (Å²) in [6, 6.07) is 6.16. The molecule has 2 atom stereocenters. The molecular weight excluding hydrogens is 278 g/mol. The fourth-order valence-electron chi connectivity index (χ4n) is 2.09. The smallest absolute Gasteiger partial charge is 0.264 e. The normalized spacial score (nSPS) is 20.4. The fraction of sp³-hybridized carbons (Fsp3) is 0.357. The van der Waals surface area contributed by atoms with Gasteiger partial charge in [0, 0.05) is 5.02 Å². The number of benzene rings is 1. The summed E-state index contributed by atoms with van der Waals surface area (Å²) in [6.45, 7) is 1.98. The van der Waals surface area contributed by atoms with Gasteiger partial charge in [-0.05, 0) is 24.1 Å². The summed E-state index contributed by atoms with van der Waals surface area (Å²) in [6.07, 6.45) is 1.52. The number of nitrogens with one attached hydrogen (secondary N) is 1. The van der Waals surface area contributed by atoms with Gasteiger partial charge in [-0.15, -0.1) is 0 Å². The lowest BCUT2D eigenvalue weighted by Gasteiger charge is -2.23. The molecule has 6 heteroatoms. The zero-order chi connectivity index (χ0) is 14.7. The van der Waals surface area contributed by atoms with Gasteiger partial charge in [0.15, 0.2) is 0 Å². The highest BCUT2D eigenvalue weighted by atomic mass is 35.5. The van der Waals surface area contributed by atoms with Crippen molar-refractivity contribution in [2.45, 2.75) is 31.7 Å². The number of hydrogen-bond donors (Lipinski definition) is 2. The van der Waals surface area contributed by atoms with Crippen molar-refractivity contribution in [3.05, 3.63) is 34.9 Å². The van der Waals surface area contributed by atoms with Gasteiger partial charge >= 0.3 is 0 Å². The first-order chi connectivity index (χ1) is 9.52. The molecule has 106 valence electrons. The summed E-state index contributed by atoms with van der Waals surface area (Å²) in [4.78, 5) is 28.1. The van der Waals surface area contributed by atoms with Crippen LogP contribution in [0, 0.1) is 0 Å². The van der Waals surface area contributed by atoms with Crippen molar-refractivity contribution in [2.75, 3.05) is 0 Å².